The van der Waals surface area contributed by atoms with Gasteiger partial charge in [0.15, 0.2) is 5.16 Å². The Kier molecular flexibility index (Phi) is 4.26. The Labute approximate surface area is 164 Å². The van der Waals surface area contributed by atoms with E-state index in [0.717, 1.165) is 34.2 Å². The number of aromatic nitrogens is 3. The molecular weight excluding hydrogens is 356 g/mol. The van der Waals surface area contributed by atoms with Crippen molar-refractivity contribution < 1.29 is 4.79 Å². The lowest BCUT2D eigenvalue weighted by atomic mass is 9.53. The number of hydrogen-bond acceptors (Lipinski definition) is 4. The molecule has 0 aliphatic heterocycles. The van der Waals surface area contributed by atoms with Gasteiger partial charge in [-0.05, 0) is 74.8 Å². The predicted molar refractivity (Wildman–Crippen MR) is 106 cm³/mol. The molecule has 0 saturated heterocycles. The van der Waals surface area contributed by atoms with Gasteiger partial charge in [0.25, 0.3) is 0 Å². The van der Waals surface area contributed by atoms with E-state index in [0.29, 0.717) is 5.75 Å². The van der Waals surface area contributed by atoms with Crippen LogP contribution in [-0.4, -0.2) is 32.0 Å². The SMILES string of the molecule is Cc1ccccc1-n1cnnc1SCC(=O)NC12CC3CC(CC(C3)C1)C2. The molecule has 2 aromatic rings. The number of rotatable bonds is 5. The molecule has 142 valence electrons. The van der Waals surface area contributed by atoms with Gasteiger partial charge in [0.1, 0.15) is 6.33 Å². The second-order valence-electron chi connectivity index (χ2n) is 8.80. The molecule has 0 radical (unpaired) electrons. The first kappa shape index (κ1) is 17.3. The maximum absolute atomic E-state index is 12.7. The topological polar surface area (TPSA) is 59.8 Å². The van der Waals surface area contributed by atoms with Crippen LogP contribution in [0, 0.1) is 24.7 Å². The third-order valence-electron chi connectivity index (χ3n) is 6.67. The Morgan fingerprint density at radius 2 is 1.85 bits per heavy atom. The van der Waals surface area contributed by atoms with Crippen molar-refractivity contribution in [1.29, 1.82) is 0 Å². The first-order valence-corrected chi connectivity index (χ1v) is 11.0. The molecule has 0 spiro atoms. The second kappa shape index (κ2) is 6.66. The van der Waals surface area contributed by atoms with Crippen molar-refractivity contribution in [1.82, 2.24) is 20.1 Å². The summed E-state index contributed by atoms with van der Waals surface area (Å²) in [6.07, 6.45) is 9.47. The second-order valence-corrected chi connectivity index (χ2v) is 9.75. The number of nitrogens with zero attached hydrogens (tertiary/aromatic N) is 3. The van der Waals surface area contributed by atoms with E-state index in [-0.39, 0.29) is 11.4 Å². The molecule has 0 unspecified atom stereocenters. The van der Waals surface area contributed by atoms with E-state index < -0.39 is 0 Å². The van der Waals surface area contributed by atoms with Gasteiger partial charge < -0.3 is 5.32 Å². The number of carbonyl (C=O) groups is 1. The minimum Gasteiger partial charge on any atom is -0.350 e. The van der Waals surface area contributed by atoms with Crippen LogP contribution in [0.1, 0.15) is 44.1 Å². The first-order valence-electron chi connectivity index (χ1n) is 10.00. The molecule has 5 nitrogen and oxygen atoms in total. The summed E-state index contributed by atoms with van der Waals surface area (Å²) < 4.78 is 1.97. The zero-order chi connectivity index (χ0) is 18.4. The third-order valence-corrected chi connectivity index (χ3v) is 7.61. The Bertz CT molecular complexity index is 826. The van der Waals surface area contributed by atoms with Crippen molar-refractivity contribution in [3.8, 4) is 5.69 Å². The zero-order valence-corrected chi connectivity index (χ0v) is 16.5. The van der Waals surface area contributed by atoms with Gasteiger partial charge in [-0.25, -0.2) is 0 Å². The maximum Gasteiger partial charge on any atom is 0.230 e. The molecule has 4 saturated carbocycles. The Morgan fingerprint density at radius 1 is 1.19 bits per heavy atom. The molecule has 1 N–H and O–H groups in total. The molecule has 4 fully saturated rings. The largest absolute Gasteiger partial charge is 0.350 e. The van der Waals surface area contributed by atoms with Crippen LogP contribution >= 0.6 is 11.8 Å². The van der Waals surface area contributed by atoms with E-state index >= 15 is 0 Å². The minimum absolute atomic E-state index is 0.0794. The van der Waals surface area contributed by atoms with Gasteiger partial charge in [0, 0.05) is 5.54 Å². The molecule has 27 heavy (non-hydrogen) atoms. The van der Waals surface area contributed by atoms with Gasteiger partial charge in [0.2, 0.25) is 5.91 Å². The number of thioether (sulfide) groups is 1. The highest BCUT2D eigenvalue weighted by Crippen LogP contribution is 2.55. The van der Waals surface area contributed by atoms with Gasteiger partial charge in [0.05, 0.1) is 11.4 Å². The van der Waals surface area contributed by atoms with Crippen LogP contribution in [0.2, 0.25) is 0 Å². The van der Waals surface area contributed by atoms with Gasteiger partial charge in [-0.3, -0.25) is 9.36 Å². The number of amides is 1. The van der Waals surface area contributed by atoms with Crippen molar-refractivity contribution in [3.05, 3.63) is 36.2 Å². The van der Waals surface area contributed by atoms with Crippen LogP contribution in [0.15, 0.2) is 35.7 Å². The molecule has 6 heteroatoms. The zero-order valence-electron chi connectivity index (χ0n) is 15.7. The van der Waals surface area contributed by atoms with Crippen molar-refractivity contribution in [3.63, 3.8) is 0 Å². The predicted octanol–water partition coefficient (Wildman–Crippen LogP) is 3.75. The molecule has 1 aromatic carbocycles. The van der Waals surface area contributed by atoms with Crippen molar-refractivity contribution in [2.45, 2.75) is 56.1 Å². The first-order chi connectivity index (χ1) is 13.1. The summed E-state index contributed by atoms with van der Waals surface area (Å²) in [5.41, 5.74) is 2.31. The van der Waals surface area contributed by atoms with Gasteiger partial charge in [-0.15, -0.1) is 10.2 Å². The van der Waals surface area contributed by atoms with E-state index in [1.165, 1.54) is 50.3 Å². The van der Waals surface area contributed by atoms with Crippen molar-refractivity contribution in [2.24, 2.45) is 17.8 Å². The van der Waals surface area contributed by atoms with E-state index in [4.69, 9.17) is 0 Å². The van der Waals surface area contributed by atoms with Crippen LogP contribution in [-0.2, 0) is 4.79 Å². The van der Waals surface area contributed by atoms with E-state index in [9.17, 15) is 4.79 Å². The molecule has 1 aromatic heterocycles. The normalized spacial score (nSPS) is 31.2. The highest BCUT2D eigenvalue weighted by Gasteiger charge is 2.51. The monoisotopic (exact) mass is 382 g/mol. The lowest BCUT2D eigenvalue weighted by Crippen LogP contribution is -2.60. The molecule has 6 rings (SSSR count). The van der Waals surface area contributed by atoms with Crippen LogP contribution < -0.4 is 5.32 Å². The van der Waals surface area contributed by atoms with E-state index in [1.54, 1.807) is 6.33 Å². The number of benzene rings is 1. The number of para-hydroxylation sites is 1. The summed E-state index contributed by atoms with van der Waals surface area (Å²) in [5.74, 6) is 3.06. The summed E-state index contributed by atoms with van der Waals surface area (Å²) in [5, 5.41) is 12.5. The highest BCUT2D eigenvalue weighted by molar-refractivity contribution is 7.99. The van der Waals surface area contributed by atoms with E-state index in [2.05, 4.69) is 34.6 Å². The fourth-order valence-corrected chi connectivity index (χ4v) is 6.77. The molecular formula is C21H26N4OS. The summed E-state index contributed by atoms with van der Waals surface area (Å²) in [6, 6.07) is 8.16. The smallest absolute Gasteiger partial charge is 0.230 e. The lowest BCUT2D eigenvalue weighted by molar-refractivity contribution is -0.124. The third kappa shape index (κ3) is 3.28. The molecule has 1 amide bonds. The number of nitrogens with one attached hydrogen (secondary N) is 1. The summed E-state index contributed by atoms with van der Waals surface area (Å²) >= 11 is 1.47. The average Bonchev–Trinajstić information content (AvgIpc) is 3.07. The quantitative estimate of drug-likeness (QED) is 0.800. The van der Waals surface area contributed by atoms with Gasteiger partial charge >= 0.3 is 0 Å². The molecule has 4 aliphatic carbocycles. The molecule has 4 aliphatic rings. The molecule has 1 heterocycles. The van der Waals surface area contributed by atoms with Crippen molar-refractivity contribution in [2.75, 3.05) is 5.75 Å². The van der Waals surface area contributed by atoms with Crippen LogP contribution in [0.5, 0.6) is 0 Å². The van der Waals surface area contributed by atoms with Gasteiger partial charge in [-0.1, -0.05) is 30.0 Å². The summed E-state index contributed by atoms with van der Waals surface area (Å²) in [6.45, 7) is 2.07. The number of carbonyl (C=O) groups excluding carboxylic acids is 1. The van der Waals surface area contributed by atoms with E-state index in [1.807, 2.05) is 16.7 Å². The van der Waals surface area contributed by atoms with Crippen LogP contribution in [0.3, 0.4) is 0 Å². The standard InChI is InChI=1S/C21H26N4OS/c1-14-4-2-3-5-18(14)25-13-22-24-20(25)27-12-19(26)23-21-9-15-6-16(10-21)8-17(7-15)11-21/h2-5,13,15-17H,6-12H2,1H3,(H,23,26). The van der Waals surface area contributed by atoms with Crippen LogP contribution in [0.4, 0.5) is 0 Å². The maximum atomic E-state index is 12.7. The highest BCUT2D eigenvalue weighted by atomic mass is 32.2. The summed E-state index contributed by atoms with van der Waals surface area (Å²) in [4.78, 5) is 12.7. The van der Waals surface area contributed by atoms with Gasteiger partial charge in [-0.2, -0.15) is 0 Å². The Morgan fingerprint density at radius 3 is 2.52 bits per heavy atom. The Hall–Kier alpha value is -1.82. The number of aryl methyl sites for hydroxylation is 1. The Balaban J connectivity index is 1.25. The fraction of sp³-hybridized carbons (Fsp3) is 0.571. The molecule has 0 atom stereocenters. The molecule has 4 bridgehead atoms. The van der Waals surface area contributed by atoms with Crippen molar-refractivity contribution >= 4 is 17.7 Å². The van der Waals surface area contributed by atoms with Crippen LogP contribution in [0.25, 0.3) is 5.69 Å². The fourth-order valence-electron chi connectivity index (χ4n) is 6.05. The summed E-state index contributed by atoms with van der Waals surface area (Å²) in [7, 11) is 0. The number of hydrogen-bond donors (Lipinski definition) is 1. The minimum atomic E-state index is 0.0794. The lowest BCUT2D eigenvalue weighted by Gasteiger charge is -2.56. The average molecular weight is 383 g/mol.